The fourth-order valence-electron chi connectivity index (χ4n) is 6.39. The average molecular weight is 590 g/mol. The number of ether oxygens (including phenoxy) is 3. The molecule has 0 bridgehead atoms. The lowest BCUT2D eigenvalue weighted by atomic mass is 9.81. The first-order valence-electron chi connectivity index (χ1n) is 15.1. The Hall–Kier alpha value is -3.73. The molecule has 0 radical (unpaired) electrons. The molecular weight excluding hydrogens is 546 g/mol. The minimum atomic E-state index is -0.479. The van der Waals surface area contributed by atoms with E-state index in [0.29, 0.717) is 38.0 Å². The molecule has 0 unspecified atom stereocenters. The van der Waals surface area contributed by atoms with E-state index in [1.165, 1.54) is 11.1 Å². The van der Waals surface area contributed by atoms with Crippen LogP contribution >= 0.6 is 0 Å². The van der Waals surface area contributed by atoms with Gasteiger partial charge in [0.25, 0.3) is 0 Å². The molecule has 2 aliphatic heterocycles. The lowest BCUT2D eigenvalue weighted by Gasteiger charge is -2.53. The summed E-state index contributed by atoms with van der Waals surface area (Å²) >= 11 is 0. The number of nitrogens with zero attached hydrogens (tertiary/aromatic N) is 5. The lowest BCUT2D eigenvalue weighted by molar-refractivity contribution is -0.139. The number of hydrogen-bond acceptors (Lipinski definition) is 9. The molecular formula is C33H43N5O5. The Morgan fingerprint density at radius 1 is 0.953 bits per heavy atom. The fraction of sp³-hybridized carbons (Fsp3) is 0.485. The maximum atomic E-state index is 12.6. The molecule has 0 spiro atoms. The van der Waals surface area contributed by atoms with Gasteiger partial charge in [-0.05, 0) is 31.9 Å². The second kappa shape index (κ2) is 14.2. The highest BCUT2D eigenvalue weighted by atomic mass is 16.5. The van der Waals surface area contributed by atoms with E-state index in [2.05, 4.69) is 80.4 Å². The van der Waals surface area contributed by atoms with Crippen molar-refractivity contribution < 1.29 is 24.1 Å². The van der Waals surface area contributed by atoms with E-state index in [-0.39, 0.29) is 36.0 Å². The van der Waals surface area contributed by atoms with Crippen LogP contribution in [0.4, 0.5) is 0 Å². The molecule has 2 aromatic carbocycles. The van der Waals surface area contributed by atoms with Gasteiger partial charge in [-0.3, -0.25) is 14.6 Å². The molecule has 2 atom stereocenters. The van der Waals surface area contributed by atoms with Crippen molar-refractivity contribution in [3.05, 3.63) is 77.4 Å². The molecule has 2 aliphatic rings. The van der Waals surface area contributed by atoms with Crippen molar-refractivity contribution in [2.75, 3.05) is 53.0 Å². The highest BCUT2D eigenvalue weighted by Crippen LogP contribution is 2.37. The van der Waals surface area contributed by atoms with E-state index in [9.17, 15) is 9.90 Å². The van der Waals surface area contributed by atoms with Crippen molar-refractivity contribution in [3.63, 3.8) is 0 Å². The van der Waals surface area contributed by atoms with Crippen molar-refractivity contribution in [2.45, 2.75) is 51.4 Å². The zero-order valence-corrected chi connectivity index (χ0v) is 25.6. The standard InChI is InChI=1S/C33H43N5O5/c1-5-42-33-34-31(41-4)27(32(35-33)43-23(2)3)20-36-18-26-19-37(29(40)22-39)16-17-38(26)28(21-36)30(24-12-8-6-9-13-24)25-14-10-7-11-15-25/h6-15,23,26,28,30,39H,5,16-22H2,1-4H3/t26-,28+/m1/s1. The van der Waals surface area contributed by atoms with Gasteiger partial charge >= 0.3 is 6.01 Å². The minimum Gasteiger partial charge on any atom is -0.481 e. The van der Waals surface area contributed by atoms with E-state index in [0.717, 1.165) is 25.2 Å². The largest absolute Gasteiger partial charge is 0.481 e. The number of aliphatic hydroxyl groups excluding tert-OH is 1. The van der Waals surface area contributed by atoms with Gasteiger partial charge in [-0.2, -0.15) is 9.97 Å². The van der Waals surface area contributed by atoms with Gasteiger partial charge in [0.15, 0.2) is 0 Å². The molecule has 3 aromatic rings. The summed E-state index contributed by atoms with van der Waals surface area (Å²) in [5.41, 5.74) is 3.26. The summed E-state index contributed by atoms with van der Waals surface area (Å²) in [5.74, 6) is 0.756. The Bertz CT molecular complexity index is 1300. The molecule has 43 heavy (non-hydrogen) atoms. The van der Waals surface area contributed by atoms with E-state index < -0.39 is 6.61 Å². The molecule has 2 fully saturated rings. The van der Waals surface area contributed by atoms with Crippen molar-refractivity contribution in [1.82, 2.24) is 24.7 Å². The number of methoxy groups -OCH3 is 1. The van der Waals surface area contributed by atoms with Gasteiger partial charge in [-0.1, -0.05) is 60.7 Å². The molecule has 1 aromatic heterocycles. The third kappa shape index (κ3) is 7.09. The molecule has 5 rings (SSSR count). The van der Waals surface area contributed by atoms with Crippen molar-refractivity contribution in [2.24, 2.45) is 0 Å². The van der Waals surface area contributed by atoms with E-state index in [1.54, 1.807) is 12.0 Å². The lowest BCUT2D eigenvalue weighted by Crippen LogP contribution is -2.67. The SMILES string of the molecule is CCOc1nc(OC)c(CN2C[C@@H]3CN(C(=O)CO)CCN3[C@H](C(c3ccccc3)c3ccccc3)C2)c(OC(C)C)n1. The van der Waals surface area contributed by atoms with Crippen LogP contribution in [0.1, 0.15) is 43.4 Å². The number of piperazine rings is 2. The molecule has 3 heterocycles. The van der Waals surface area contributed by atoms with Crippen LogP contribution in [-0.2, 0) is 11.3 Å². The number of rotatable bonds is 11. The number of carbonyl (C=O) groups is 1. The number of amides is 1. The summed E-state index contributed by atoms with van der Waals surface area (Å²) in [6.07, 6.45) is -0.102. The Morgan fingerprint density at radius 2 is 1.60 bits per heavy atom. The van der Waals surface area contributed by atoms with Crippen LogP contribution < -0.4 is 14.2 Å². The van der Waals surface area contributed by atoms with Gasteiger partial charge in [-0.15, -0.1) is 0 Å². The summed E-state index contributed by atoms with van der Waals surface area (Å²) in [4.78, 5) is 28.5. The third-order valence-corrected chi connectivity index (χ3v) is 8.17. The first-order chi connectivity index (χ1) is 20.9. The molecule has 1 amide bonds. The van der Waals surface area contributed by atoms with Crippen molar-refractivity contribution >= 4 is 5.91 Å². The van der Waals surface area contributed by atoms with Gasteiger partial charge in [0.2, 0.25) is 17.7 Å². The summed E-state index contributed by atoms with van der Waals surface area (Å²) in [6, 6.07) is 21.7. The Morgan fingerprint density at radius 3 is 2.19 bits per heavy atom. The van der Waals surface area contributed by atoms with Crippen LogP contribution in [0.5, 0.6) is 17.8 Å². The normalized spacial score (nSPS) is 19.4. The predicted molar refractivity (Wildman–Crippen MR) is 163 cm³/mol. The number of carbonyl (C=O) groups excluding carboxylic acids is 1. The molecule has 10 heteroatoms. The van der Waals surface area contributed by atoms with Crippen LogP contribution in [0.15, 0.2) is 60.7 Å². The first-order valence-corrected chi connectivity index (χ1v) is 15.1. The zero-order chi connectivity index (χ0) is 30.3. The number of aromatic nitrogens is 2. The second-order valence-corrected chi connectivity index (χ2v) is 11.3. The molecule has 230 valence electrons. The summed E-state index contributed by atoms with van der Waals surface area (Å²) < 4.78 is 17.5. The fourth-order valence-corrected chi connectivity index (χ4v) is 6.39. The molecule has 10 nitrogen and oxygen atoms in total. The summed E-state index contributed by atoms with van der Waals surface area (Å²) in [7, 11) is 1.60. The zero-order valence-electron chi connectivity index (χ0n) is 25.6. The van der Waals surface area contributed by atoms with Crippen LogP contribution in [0.3, 0.4) is 0 Å². The molecule has 1 N–H and O–H groups in total. The summed E-state index contributed by atoms with van der Waals surface area (Å²) in [5, 5.41) is 9.62. The summed E-state index contributed by atoms with van der Waals surface area (Å²) in [6.45, 7) is 9.65. The monoisotopic (exact) mass is 589 g/mol. The van der Waals surface area contributed by atoms with E-state index in [4.69, 9.17) is 14.2 Å². The molecule has 2 saturated heterocycles. The number of hydrogen-bond donors (Lipinski definition) is 1. The quantitative estimate of drug-likeness (QED) is 0.362. The number of fused-ring (bicyclic) bond motifs is 1. The minimum absolute atomic E-state index is 0.0713. The van der Waals surface area contributed by atoms with Crippen LogP contribution in [0.2, 0.25) is 0 Å². The van der Waals surface area contributed by atoms with Gasteiger partial charge in [0.05, 0.1) is 25.4 Å². The van der Waals surface area contributed by atoms with Gasteiger partial charge in [-0.25, -0.2) is 0 Å². The maximum Gasteiger partial charge on any atom is 0.323 e. The highest BCUT2D eigenvalue weighted by molar-refractivity contribution is 5.77. The number of benzene rings is 2. The van der Waals surface area contributed by atoms with Crippen molar-refractivity contribution in [1.29, 1.82) is 0 Å². The Balaban J connectivity index is 1.54. The molecule has 0 aliphatic carbocycles. The van der Waals surface area contributed by atoms with Gasteiger partial charge in [0, 0.05) is 57.3 Å². The third-order valence-electron chi connectivity index (χ3n) is 8.17. The topological polar surface area (TPSA) is 100 Å². The van der Waals surface area contributed by atoms with Crippen molar-refractivity contribution in [3.8, 4) is 17.8 Å². The molecule has 0 saturated carbocycles. The Kier molecular flexibility index (Phi) is 10.1. The van der Waals surface area contributed by atoms with Gasteiger partial charge in [0.1, 0.15) is 6.61 Å². The van der Waals surface area contributed by atoms with Crippen LogP contribution in [0.25, 0.3) is 0 Å². The average Bonchev–Trinajstić information content (AvgIpc) is 3.02. The van der Waals surface area contributed by atoms with Crippen LogP contribution in [0, 0.1) is 0 Å². The first kappa shape index (κ1) is 30.7. The van der Waals surface area contributed by atoms with E-state index >= 15 is 0 Å². The highest BCUT2D eigenvalue weighted by Gasteiger charge is 2.43. The maximum absolute atomic E-state index is 12.6. The second-order valence-electron chi connectivity index (χ2n) is 11.3. The van der Waals surface area contributed by atoms with E-state index in [1.807, 2.05) is 20.8 Å². The smallest absolute Gasteiger partial charge is 0.323 e. The Labute approximate surface area is 254 Å². The predicted octanol–water partition coefficient (Wildman–Crippen LogP) is 3.19. The van der Waals surface area contributed by atoms with Gasteiger partial charge < -0.3 is 24.2 Å². The van der Waals surface area contributed by atoms with Crippen LogP contribution in [-0.4, -0.2) is 107 Å². The number of aliphatic hydroxyl groups is 1.